The van der Waals surface area contributed by atoms with Crippen molar-refractivity contribution in [3.63, 3.8) is 0 Å². The van der Waals surface area contributed by atoms with Gasteiger partial charge >= 0.3 is 0 Å². The molecule has 0 bridgehead atoms. The van der Waals surface area contributed by atoms with Crippen LogP contribution in [-0.4, -0.2) is 28.9 Å². The zero-order valence-electron chi connectivity index (χ0n) is 11.9. The SMILES string of the molecule is Cc1ncoc1C(=O)N1CCC(Cc2ccc(Cl)cc2)C1. The van der Waals surface area contributed by atoms with E-state index >= 15 is 0 Å². The third-order valence-corrected chi connectivity index (χ3v) is 4.20. The van der Waals surface area contributed by atoms with Crippen LogP contribution in [0.5, 0.6) is 0 Å². The molecule has 21 heavy (non-hydrogen) atoms. The summed E-state index contributed by atoms with van der Waals surface area (Å²) in [6.07, 6.45) is 3.31. The van der Waals surface area contributed by atoms with Gasteiger partial charge in [-0.15, -0.1) is 0 Å². The number of amides is 1. The van der Waals surface area contributed by atoms with E-state index in [2.05, 4.69) is 4.98 Å². The number of aryl methyl sites for hydroxylation is 1. The summed E-state index contributed by atoms with van der Waals surface area (Å²) < 4.78 is 5.19. The smallest absolute Gasteiger partial charge is 0.291 e. The van der Waals surface area contributed by atoms with E-state index in [1.807, 2.05) is 29.2 Å². The quantitative estimate of drug-likeness (QED) is 0.873. The molecule has 1 amide bonds. The van der Waals surface area contributed by atoms with Gasteiger partial charge in [0.05, 0.1) is 5.69 Å². The fourth-order valence-corrected chi connectivity index (χ4v) is 2.91. The summed E-state index contributed by atoms with van der Waals surface area (Å²) in [5.41, 5.74) is 1.91. The number of hydrogen-bond donors (Lipinski definition) is 0. The van der Waals surface area contributed by atoms with Crippen molar-refractivity contribution in [2.45, 2.75) is 19.8 Å². The Balaban J connectivity index is 1.62. The molecule has 0 aliphatic carbocycles. The Hall–Kier alpha value is -1.81. The van der Waals surface area contributed by atoms with Gasteiger partial charge in [0.25, 0.3) is 5.91 Å². The molecule has 1 unspecified atom stereocenters. The van der Waals surface area contributed by atoms with E-state index in [0.717, 1.165) is 31.0 Å². The average Bonchev–Trinajstić information content (AvgIpc) is 3.10. The number of oxazole rings is 1. The van der Waals surface area contributed by atoms with Gasteiger partial charge in [0, 0.05) is 18.1 Å². The van der Waals surface area contributed by atoms with Crippen molar-refractivity contribution >= 4 is 17.5 Å². The van der Waals surface area contributed by atoms with Gasteiger partial charge in [-0.1, -0.05) is 23.7 Å². The third kappa shape index (κ3) is 3.10. The number of hydrogen-bond acceptors (Lipinski definition) is 3. The second-order valence-corrected chi connectivity index (χ2v) is 5.94. The molecule has 0 saturated carbocycles. The third-order valence-electron chi connectivity index (χ3n) is 3.95. The van der Waals surface area contributed by atoms with Gasteiger partial charge in [-0.05, 0) is 43.4 Å². The zero-order chi connectivity index (χ0) is 14.8. The van der Waals surface area contributed by atoms with Gasteiger partial charge in [0.1, 0.15) is 0 Å². The summed E-state index contributed by atoms with van der Waals surface area (Å²) in [6.45, 7) is 3.33. The van der Waals surface area contributed by atoms with Crippen molar-refractivity contribution in [1.82, 2.24) is 9.88 Å². The molecular weight excluding hydrogens is 288 g/mol. The van der Waals surface area contributed by atoms with Gasteiger partial charge in [0.2, 0.25) is 5.76 Å². The highest BCUT2D eigenvalue weighted by molar-refractivity contribution is 6.30. The molecule has 1 aromatic heterocycles. The number of benzene rings is 1. The van der Waals surface area contributed by atoms with Crippen LogP contribution in [0.3, 0.4) is 0 Å². The van der Waals surface area contributed by atoms with E-state index in [1.165, 1.54) is 12.0 Å². The maximum atomic E-state index is 12.3. The van der Waals surface area contributed by atoms with Crippen LogP contribution < -0.4 is 0 Å². The molecule has 0 N–H and O–H groups in total. The highest BCUT2D eigenvalue weighted by atomic mass is 35.5. The van der Waals surface area contributed by atoms with Crippen molar-refractivity contribution < 1.29 is 9.21 Å². The first-order valence-electron chi connectivity index (χ1n) is 7.07. The summed E-state index contributed by atoms with van der Waals surface area (Å²) in [5, 5.41) is 0.753. The van der Waals surface area contributed by atoms with E-state index in [9.17, 15) is 4.79 Å². The summed E-state index contributed by atoms with van der Waals surface area (Å²) in [6, 6.07) is 7.92. The van der Waals surface area contributed by atoms with Crippen molar-refractivity contribution in [3.05, 3.63) is 52.7 Å². The van der Waals surface area contributed by atoms with Gasteiger partial charge in [-0.25, -0.2) is 4.98 Å². The second-order valence-electron chi connectivity index (χ2n) is 5.50. The molecule has 2 heterocycles. The standard InChI is InChI=1S/C16H17ClN2O2/c1-11-15(21-10-18-11)16(20)19-7-6-13(9-19)8-12-2-4-14(17)5-3-12/h2-5,10,13H,6-9H2,1H3. The largest absolute Gasteiger partial charge is 0.438 e. The van der Waals surface area contributed by atoms with Crippen LogP contribution in [0, 0.1) is 12.8 Å². The monoisotopic (exact) mass is 304 g/mol. The van der Waals surface area contributed by atoms with Crippen LogP contribution in [-0.2, 0) is 6.42 Å². The Morgan fingerprint density at radius 2 is 2.19 bits per heavy atom. The van der Waals surface area contributed by atoms with Crippen LogP contribution in [0.25, 0.3) is 0 Å². The predicted molar refractivity (Wildman–Crippen MR) is 80.4 cm³/mol. The van der Waals surface area contributed by atoms with Crippen LogP contribution in [0.2, 0.25) is 5.02 Å². The molecule has 1 aliphatic rings. The number of carbonyl (C=O) groups excluding carboxylic acids is 1. The van der Waals surface area contributed by atoms with Gasteiger partial charge in [-0.2, -0.15) is 0 Å². The Bertz CT molecular complexity index is 636. The maximum absolute atomic E-state index is 12.3. The average molecular weight is 305 g/mol. The van der Waals surface area contributed by atoms with Crippen molar-refractivity contribution in [1.29, 1.82) is 0 Å². The molecule has 1 aromatic carbocycles. The first kappa shape index (κ1) is 14.1. The highest BCUT2D eigenvalue weighted by Gasteiger charge is 2.29. The lowest BCUT2D eigenvalue weighted by Gasteiger charge is -2.15. The van der Waals surface area contributed by atoms with Crippen LogP contribution in [0.1, 0.15) is 28.2 Å². The maximum Gasteiger partial charge on any atom is 0.291 e. The summed E-state index contributed by atoms with van der Waals surface area (Å²) in [4.78, 5) is 18.2. The minimum Gasteiger partial charge on any atom is -0.438 e. The van der Waals surface area contributed by atoms with E-state index < -0.39 is 0 Å². The second kappa shape index (κ2) is 5.90. The molecule has 0 radical (unpaired) electrons. The van der Waals surface area contributed by atoms with E-state index in [4.69, 9.17) is 16.0 Å². The molecule has 4 nitrogen and oxygen atoms in total. The molecule has 2 aromatic rings. The lowest BCUT2D eigenvalue weighted by Crippen LogP contribution is -2.29. The predicted octanol–water partition coefficient (Wildman–Crippen LogP) is 3.34. The topological polar surface area (TPSA) is 46.3 Å². The molecule has 0 spiro atoms. The fourth-order valence-electron chi connectivity index (χ4n) is 2.79. The van der Waals surface area contributed by atoms with Crippen molar-refractivity contribution in [2.75, 3.05) is 13.1 Å². The zero-order valence-corrected chi connectivity index (χ0v) is 12.6. The van der Waals surface area contributed by atoms with Crippen LogP contribution >= 0.6 is 11.6 Å². The summed E-state index contributed by atoms with van der Waals surface area (Å²) in [5.74, 6) is 0.795. The van der Waals surface area contributed by atoms with Gasteiger partial charge in [-0.3, -0.25) is 4.79 Å². The molecular formula is C16H17ClN2O2. The molecule has 1 aliphatic heterocycles. The number of carbonyl (C=O) groups is 1. The van der Waals surface area contributed by atoms with E-state index in [0.29, 0.717) is 17.4 Å². The lowest BCUT2D eigenvalue weighted by molar-refractivity contribution is 0.0754. The number of likely N-dealkylation sites (tertiary alicyclic amines) is 1. The Kier molecular flexibility index (Phi) is 3.97. The molecule has 5 heteroatoms. The van der Waals surface area contributed by atoms with E-state index in [1.54, 1.807) is 6.92 Å². The minimum absolute atomic E-state index is 0.0522. The normalized spacial score (nSPS) is 18.2. The lowest BCUT2D eigenvalue weighted by atomic mass is 9.99. The molecule has 110 valence electrons. The Morgan fingerprint density at radius 1 is 1.43 bits per heavy atom. The van der Waals surface area contributed by atoms with Crippen LogP contribution in [0.4, 0.5) is 0 Å². The van der Waals surface area contributed by atoms with Crippen molar-refractivity contribution in [2.24, 2.45) is 5.92 Å². The number of rotatable bonds is 3. The fraction of sp³-hybridized carbons (Fsp3) is 0.375. The van der Waals surface area contributed by atoms with Gasteiger partial charge in [0.15, 0.2) is 6.39 Å². The molecule has 1 atom stereocenters. The van der Waals surface area contributed by atoms with Crippen LogP contribution in [0.15, 0.2) is 35.1 Å². The Morgan fingerprint density at radius 3 is 2.86 bits per heavy atom. The van der Waals surface area contributed by atoms with E-state index in [-0.39, 0.29) is 5.91 Å². The van der Waals surface area contributed by atoms with Crippen molar-refractivity contribution in [3.8, 4) is 0 Å². The first-order chi connectivity index (χ1) is 10.1. The molecule has 1 saturated heterocycles. The Labute approximate surface area is 128 Å². The number of nitrogens with zero attached hydrogens (tertiary/aromatic N) is 2. The summed E-state index contributed by atoms with van der Waals surface area (Å²) >= 11 is 5.90. The molecule has 3 rings (SSSR count). The highest BCUT2D eigenvalue weighted by Crippen LogP contribution is 2.23. The molecule has 1 fully saturated rings. The summed E-state index contributed by atoms with van der Waals surface area (Å²) in [7, 11) is 0. The van der Waals surface area contributed by atoms with Gasteiger partial charge < -0.3 is 9.32 Å². The first-order valence-corrected chi connectivity index (χ1v) is 7.45. The number of aromatic nitrogens is 1. The minimum atomic E-state index is -0.0522. The number of halogens is 1.